The lowest BCUT2D eigenvalue weighted by molar-refractivity contribution is 0.410. The number of anilines is 1. The predicted molar refractivity (Wildman–Crippen MR) is 57.3 cm³/mol. The molecule has 2 aromatic heterocycles. The van der Waals surface area contributed by atoms with E-state index in [4.69, 9.17) is 0 Å². The minimum Gasteiger partial charge on any atom is -0.380 e. The van der Waals surface area contributed by atoms with E-state index in [1.807, 2.05) is 0 Å². The summed E-state index contributed by atoms with van der Waals surface area (Å²) in [6.45, 7) is 0.0310. The van der Waals surface area contributed by atoms with Gasteiger partial charge in [0.2, 0.25) is 11.6 Å². The van der Waals surface area contributed by atoms with Gasteiger partial charge in [0.15, 0.2) is 0 Å². The molecule has 2 rings (SSSR count). The molecule has 0 spiro atoms. The van der Waals surface area contributed by atoms with Gasteiger partial charge in [-0.2, -0.15) is 22.5 Å². The van der Waals surface area contributed by atoms with Crippen molar-refractivity contribution in [2.45, 2.75) is 6.42 Å². The number of aromatic nitrogens is 4. The third-order valence-electron chi connectivity index (χ3n) is 2.45. The molecule has 0 unspecified atom stereocenters. The third-order valence-corrected chi connectivity index (χ3v) is 2.45. The van der Waals surface area contributed by atoms with Gasteiger partial charge in [0.25, 0.3) is 11.9 Å². The van der Waals surface area contributed by atoms with Gasteiger partial charge in [-0.15, -0.1) is 10.2 Å². The molecule has 0 fully saturated rings. The van der Waals surface area contributed by atoms with Gasteiger partial charge in [-0.05, 0) is 0 Å². The summed E-state index contributed by atoms with van der Waals surface area (Å²) in [4.78, 5) is 2.46. The Morgan fingerprint density at radius 1 is 1.16 bits per heavy atom. The summed E-state index contributed by atoms with van der Waals surface area (Å²) in [7, 11) is 1.70. The van der Waals surface area contributed by atoms with Crippen molar-refractivity contribution < 1.29 is 17.6 Å². The fraction of sp³-hybridized carbons (Fsp3) is 0.300. The van der Waals surface area contributed by atoms with Crippen LogP contribution < -0.4 is 5.32 Å². The molecule has 1 N–H and O–H groups in total. The van der Waals surface area contributed by atoms with Gasteiger partial charge in [-0.25, -0.2) is 0 Å². The van der Waals surface area contributed by atoms with Gasteiger partial charge < -0.3 is 9.88 Å². The Labute approximate surface area is 105 Å². The maximum atomic E-state index is 13.2. The highest BCUT2D eigenvalue weighted by atomic mass is 19.2. The smallest absolute Gasteiger partial charge is 0.253 e. The van der Waals surface area contributed by atoms with Crippen molar-refractivity contribution >= 4 is 5.69 Å². The van der Waals surface area contributed by atoms with Gasteiger partial charge in [-0.3, -0.25) is 0 Å². The average Bonchev–Trinajstić information content (AvgIpc) is 2.77. The first-order valence-corrected chi connectivity index (χ1v) is 5.27. The molecule has 5 nitrogen and oxygen atoms in total. The summed E-state index contributed by atoms with van der Waals surface area (Å²) >= 11 is 0. The first-order chi connectivity index (χ1) is 9.00. The Hall–Kier alpha value is -2.19. The van der Waals surface area contributed by atoms with Crippen molar-refractivity contribution in [3.05, 3.63) is 35.7 Å². The van der Waals surface area contributed by atoms with Crippen molar-refractivity contribution in [3.8, 4) is 0 Å². The largest absolute Gasteiger partial charge is 0.380 e. The second-order valence-corrected chi connectivity index (χ2v) is 3.73. The van der Waals surface area contributed by atoms with E-state index in [0.717, 1.165) is 0 Å². The van der Waals surface area contributed by atoms with E-state index in [0.29, 0.717) is 5.82 Å². The second-order valence-electron chi connectivity index (χ2n) is 3.73. The molecule has 0 aliphatic rings. The fourth-order valence-electron chi connectivity index (χ4n) is 1.47. The van der Waals surface area contributed by atoms with Crippen LogP contribution in [0.25, 0.3) is 0 Å². The highest BCUT2D eigenvalue weighted by Crippen LogP contribution is 2.21. The maximum absolute atomic E-state index is 13.2. The molecule has 0 aromatic carbocycles. The van der Waals surface area contributed by atoms with Crippen LogP contribution in [0.2, 0.25) is 0 Å². The molecule has 0 amide bonds. The zero-order chi connectivity index (χ0) is 14.0. The van der Waals surface area contributed by atoms with Crippen LogP contribution in [0.1, 0.15) is 5.82 Å². The number of halogens is 4. The van der Waals surface area contributed by atoms with Crippen molar-refractivity contribution in [2.75, 3.05) is 11.9 Å². The molecule has 2 heterocycles. The van der Waals surface area contributed by atoms with Crippen LogP contribution in [0.4, 0.5) is 23.2 Å². The first-order valence-electron chi connectivity index (χ1n) is 5.27. The van der Waals surface area contributed by atoms with Crippen LogP contribution >= 0.6 is 0 Å². The van der Waals surface area contributed by atoms with E-state index >= 15 is 0 Å². The zero-order valence-electron chi connectivity index (χ0n) is 9.79. The van der Waals surface area contributed by atoms with Gasteiger partial charge in [0.1, 0.15) is 17.8 Å². The van der Waals surface area contributed by atoms with E-state index in [1.165, 1.54) is 6.33 Å². The Balaban J connectivity index is 2.10. The summed E-state index contributed by atoms with van der Waals surface area (Å²) in [5, 5.41) is 9.65. The normalized spacial score (nSPS) is 10.8. The van der Waals surface area contributed by atoms with Gasteiger partial charge >= 0.3 is 0 Å². The van der Waals surface area contributed by atoms with Crippen molar-refractivity contribution in [1.29, 1.82) is 0 Å². The number of hydrogen-bond acceptors (Lipinski definition) is 4. The third kappa shape index (κ3) is 2.64. The zero-order valence-corrected chi connectivity index (χ0v) is 9.79. The number of nitrogens with one attached hydrogen (secondary N) is 1. The maximum Gasteiger partial charge on any atom is 0.253 e. The molecule has 0 atom stereocenters. The summed E-state index contributed by atoms with van der Waals surface area (Å²) in [6, 6.07) is 0. The van der Waals surface area contributed by atoms with Crippen molar-refractivity contribution in [1.82, 2.24) is 19.7 Å². The monoisotopic (exact) mass is 275 g/mol. The van der Waals surface area contributed by atoms with Crippen molar-refractivity contribution in [2.24, 2.45) is 7.05 Å². The van der Waals surface area contributed by atoms with Gasteiger partial charge in [-0.1, -0.05) is 0 Å². The number of pyridine rings is 1. The molecule has 0 saturated carbocycles. The van der Waals surface area contributed by atoms with E-state index in [1.54, 1.807) is 11.6 Å². The minimum absolute atomic E-state index is 0.0310. The molecular formula is C10H9F4N5. The second kappa shape index (κ2) is 5.21. The molecule has 9 heteroatoms. The molecule has 2 aromatic rings. The Kier molecular flexibility index (Phi) is 3.63. The topological polar surface area (TPSA) is 55.6 Å². The molecule has 0 saturated heterocycles. The summed E-state index contributed by atoms with van der Waals surface area (Å²) in [5.41, 5.74) is -0.882. The van der Waals surface area contributed by atoms with Crippen LogP contribution in [0.5, 0.6) is 0 Å². The molecule has 0 aliphatic heterocycles. The standard InChI is InChI=1S/C10H9F4N5/c1-19-4-16-18-5(19)2-3-15-8-6(11)9(13)17-10(14)7(8)12/h4H,2-3H2,1H3,(H,15,17). The van der Waals surface area contributed by atoms with Crippen LogP contribution in [0.15, 0.2) is 6.33 Å². The fourth-order valence-corrected chi connectivity index (χ4v) is 1.47. The van der Waals surface area contributed by atoms with Crippen LogP contribution in [-0.2, 0) is 13.5 Å². The molecule has 0 radical (unpaired) electrons. The summed E-state index contributed by atoms with van der Waals surface area (Å²) < 4.78 is 53.8. The summed E-state index contributed by atoms with van der Waals surface area (Å²) in [6.07, 6.45) is 1.74. The van der Waals surface area contributed by atoms with E-state index in [9.17, 15) is 17.6 Å². The van der Waals surface area contributed by atoms with Crippen LogP contribution in [-0.4, -0.2) is 26.3 Å². The van der Waals surface area contributed by atoms with Gasteiger partial charge in [0.05, 0.1) is 0 Å². The van der Waals surface area contributed by atoms with E-state index < -0.39 is 29.2 Å². The van der Waals surface area contributed by atoms with Crippen LogP contribution in [0, 0.1) is 23.5 Å². The Morgan fingerprint density at radius 3 is 2.32 bits per heavy atom. The Bertz CT molecular complexity index is 572. The molecule has 102 valence electrons. The molecule has 0 bridgehead atoms. The van der Waals surface area contributed by atoms with Crippen LogP contribution in [0.3, 0.4) is 0 Å². The Morgan fingerprint density at radius 2 is 1.79 bits per heavy atom. The number of rotatable bonds is 4. The molecule has 19 heavy (non-hydrogen) atoms. The number of nitrogens with zero attached hydrogens (tertiary/aromatic N) is 4. The lowest BCUT2D eigenvalue weighted by atomic mass is 10.3. The average molecular weight is 275 g/mol. The highest BCUT2D eigenvalue weighted by molar-refractivity contribution is 5.45. The van der Waals surface area contributed by atoms with Crippen molar-refractivity contribution in [3.63, 3.8) is 0 Å². The summed E-state index contributed by atoms with van der Waals surface area (Å²) in [5.74, 6) is -5.95. The minimum atomic E-state index is -1.69. The van der Waals surface area contributed by atoms with E-state index in [2.05, 4.69) is 20.5 Å². The van der Waals surface area contributed by atoms with E-state index in [-0.39, 0.29) is 13.0 Å². The molecule has 0 aliphatic carbocycles. The number of aryl methyl sites for hydroxylation is 1. The molecular weight excluding hydrogens is 266 g/mol. The predicted octanol–water partition coefficient (Wildman–Crippen LogP) is 1.42. The quantitative estimate of drug-likeness (QED) is 0.677. The van der Waals surface area contributed by atoms with Gasteiger partial charge in [0, 0.05) is 20.0 Å². The highest BCUT2D eigenvalue weighted by Gasteiger charge is 2.20. The SMILES string of the molecule is Cn1cnnc1CCNc1c(F)c(F)nc(F)c1F. The number of hydrogen-bond donors (Lipinski definition) is 1. The lowest BCUT2D eigenvalue weighted by Gasteiger charge is -2.08. The first kappa shape index (κ1) is 13.2. The lowest BCUT2D eigenvalue weighted by Crippen LogP contribution is -2.13.